The van der Waals surface area contributed by atoms with Crippen LogP contribution >= 0.6 is 0 Å². The van der Waals surface area contributed by atoms with E-state index in [1.165, 1.54) is 6.92 Å². The minimum Gasteiger partial charge on any atom is -0.510 e. The Kier molecular flexibility index (Phi) is 4.02. The molecule has 6 nitrogen and oxygen atoms in total. The van der Waals surface area contributed by atoms with Crippen LogP contribution in [0.15, 0.2) is 47.0 Å². The molecule has 6 heteroatoms. The summed E-state index contributed by atoms with van der Waals surface area (Å²) in [6.45, 7) is 1.28. The highest BCUT2D eigenvalue weighted by molar-refractivity contribution is 5.93. The van der Waals surface area contributed by atoms with Crippen LogP contribution in [0.5, 0.6) is 0 Å². The van der Waals surface area contributed by atoms with Crippen LogP contribution in [0.1, 0.15) is 6.92 Å². The standard InChI is InChI=1S/C10H11N3O3/c1-7(14)9(10(15)13-16)12-11-8-5-3-2-4-6-8/h2-6,11-12,14H,1H3/b9-7+. The number of nitrogens with zero attached hydrogens (tertiary/aromatic N) is 1. The van der Waals surface area contributed by atoms with Crippen LogP contribution in [-0.4, -0.2) is 11.0 Å². The van der Waals surface area contributed by atoms with Gasteiger partial charge in [-0.15, -0.1) is 4.91 Å². The largest absolute Gasteiger partial charge is 0.510 e. The SMILES string of the molecule is C/C(O)=C(\NNc1ccccc1)C(=O)N=O. The van der Waals surface area contributed by atoms with E-state index in [1.54, 1.807) is 24.3 Å². The Balaban J connectivity index is 2.69. The minimum absolute atomic E-state index is 0.279. The molecule has 0 bridgehead atoms. The van der Waals surface area contributed by atoms with Crippen LogP contribution in [0.4, 0.5) is 5.69 Å². The minimum atomic E-state index is -1.07. The van der Waals surface area contributed by atoms with Crippen LogP contribution in [-0.2, 0) is 4.79 Å². The average molecular weight is 221 g/mol. The molecule has 16 heavy (non-hydrogen) atoms. The molecule has 0 radical (unpaired) electrons. The lowest BCUT2D eigenvalue weighted by Crippen LogP contribution is -2.26. The zero-order valence-corrected chi connectivity index (χ0v) is 8.60. The summed E-state index contributed by atoms with van der Waals surface area (Å²) in [6, 6.07) is 8.90. The predicted octanol–water partition coefficient (Wildman–Crippen LogP) is 1.69. The smallest absolute Gasteiger partial charge is 0.337 e. The summed E-state index contributed by atoms with van der Waals surface area (Å²) in [5, 5.41) is 11.4. The second kappa shape index (κ2) is 5.50. The first kappa shape index (κ1) is 11.7. The molecule has 0 fully saturated rings. The lowest BCUT2D eigenvalue weighted by atomic mass is 10.3. The van der Waals surface area contributed by atoms with Gasteiger partial charge in [0.05, 0.1) is 5.69 Å². The van der Waals surface area contributed by atoms with Gasteiger partial charge in [0.25, 0.3) is 0 Å². The number of benzene rings is 1. The van der Waals surface area contributed by atoms with Crippen molar-refractivity contribution in [2.75, 3.05) is 5.43 Å². The highest BCUT2D eigenvalue weighted by atomic mass is 16.3. The molecule has 84 valence electrons. The molecule has 0 unspecified atom stereocenters. The van der Waals surface area contributed by atoms with E-state index in [0.717, 1.165) is 0 Å². The van der Waals surface area contributed by atoms with E-state index in [0.29, 0.717) is 5.69 Å². The molecular weight excluding hydrogens is 210 g/mol. The Morgan fingerprint density at radius 3 is 2.44 bits per heavy atom. The Labute approximate surface area is 91.9 Å². The first-order valence-corrected chi connectivity index (χ1v) is 4.49. The highest BCUT2D eigenvalue weighted by Crippen LogP contribution is 2.05. The van der Waals surface area contributed by atoms with Crippen LogP contribution < -0.4 is 10.9 Å². The number of nitrogens with one attached hydrogen (secondary N) is 2. The maximum absolute atomic E-state index is 11.0. The summed E-state index contributed by atoms with van der Waals surface area (Å²) in [7, 11) is 0. The first-order valence-electron chi connectivity index (χ1n) is 4.49. The molecule has 1 rings (SSSR count). The van der Waals surface area contributed by atoms with Gasteiger partial charge in [0, 0.05) is 5.18 Å². The number of carbonyl (C=O) groups excluding carboxylic acids is 1. The fraction of sp³-hybridized carbons (Fsp3) is 0.100. The third-order valence-corrected chi connectivity index (χ3v) is 1.76. The van der Waals surface area contributed by atoms with E-state index in [9.17, 15) is 9.70 Å². The number of amides is 1. The molecule has 0 atom stereocenters. The number of anilines is 1. The molecule has 0 spiro atoms. The van der Waals surface area contributed by atoms with Crippen LogP contribution in [0, 0.1) is 4.91 Å². The predicted molar refractivity (Wildman–Crippen MR) is 59.3 cm³/mol. The molecule has 1 amide bonds. The molecular formula is C10H11N3O3. The number of aliphatic hydroxyl groups excluding tert-OH is 1. The molecule has 1 aromatic rings. The van der Waals surface area contributed by atoms with Crippen molar-refractivity contribution in [3.8, 4) is 0 Å². The van der Waals surface area contributed by atoms with Gasteiger partial charge in [0.15, 0.2) is 5.70 Å². The Morgan fingerprint density at radius 1 is 1.31 bits per heavy atom. The van der Waals surface area contributed by atoms with Crippen molar-refractivity contribution in [3.05, 3.63) is 46.7 Å². The molecule has 0 saturated carbocycles. The van der Waals surface area contributed by atoms with Crippen molar-refractivity contribution >= 4 is 11.6 Å². The molecule has 0 aliphatic heterocycles. The number of hydrogen-bond acceptors (Lipinski definition) is 5. The van der Waals surface area contributed by atoms with Gasteiger partial charge in [-0.05, 0) is 19.1 Å². The molecule has 0 heterocycles. The second-order valence-corrected chi connectivity index (χ2v) is 2.97. The third kappa shape index (κ3) is 3.09. The highest BCUT2D eigenvalue weighted by Gasteiger charge is 2.12. The van der Waals surface area contributed by atoms with E-state index in [-0.39, 0.29) is 11.5 Å². The first-order chi connectivity index (χ1) is 7.65. The number of nitroso groups, excluding NO2 is 1. The van der Waals surface area contributed by atoms with E-state index in [1.807, 2.05) is 6.07 Å². The van der Waals surface area contributed by atoms with Crippen molar-refractivity contribution < 1.29 is 9.90 Å². The van der Waals surface area contributed by atoms with E-state index in [4.69, 9.17) is 5.11 Å². The maximum Gasteiger partial charge on any atom is 0.337 e. The average Bonchev–Trinajstić information content (AvgIpc) is 2.30. The monoisotopic (exact) mass is 221 g/mol. The van der Waals surface area contributed by atoms with Crippen molar-refractivity contribution in [3.63, 3.8) is 0 Å². The van der Waals surface area contributed by atoms with Gasteiger partial charge in [0.1, 0.15) is 5.76 Å². The zero-order valence-electron chi connectivity index (χ0n) is 8.60. The fourth-order valence-corrected chi connectivity index (χ4v) is 1.00. The van der Waals surface area contributed by atoms with Gasteiger partial charge in [0.2, 0.25) is 0 Å². The zero-order chi connectivity index (χ0) is 12.0. The van der Waals surface area contributed by atoms with E-state index < -0.39 is 5.91 Å². The summed E-state index contributed by atoms with van der Waals surface area (Å²) in [4.78, 5) is 21.0. The maximum atomic E-state index is 11.0. The lowest BCUT2D eigenvalue weighted by molar-refractivity contribution is -0.115. The molecule has 0 aromatic heterocycles. The van der Waals surface area contributed by atoms with Gasteiger partial charge in [-0.3, -0.25) is 10.2 Å². The number of carbonyl (C=O) groups is 1. The lowest BCUT2D eigenvalue weighted by Gasteiger charge is -2.10. The summed E-state index contributed by atoms with van der Waals surface area (Å²) >= 11 is 0. The van der Waals surface area contributed by atoms with E-state index in [2.05, 4.69) is 16.0 Å². The fourth-order valence-electron chi connectivity index (χ4n) is 1.00. The molecule has 0 saturated heterocycles. The van der Waals surface area contributed by atoms with Gasteiger partial charge < -0.3 is 10.5 Å². The van der Waals surface area contributed by atoms with Gasteiger partial charge in [-0.1, -0.05) is 18.2 Å². The summed E-state index contributed by atoms with van der Waals surface area (Å²) in [5.41, 5.74) is 5.48. The van der Waals surface area contributed by atoms with Crippen LogP contribution in [0.2, 0.25) is 0 Å². The van der Waals surface area contributed by atoms with Crippen LogP contribution in [0.3, 0.4) is 0 Å². The number of rotatable bonds is 4. The third-order valence-electron chi connectivity index (χ3n) is 1.76. The molecule has 1 aromatic carbocycles. The summed E-state index contributed by atoms with van der Waals surface area (Å²) < 4.78 is 0. The molecule has 0 aliphatic carbocycles. The van der Waals surface area contributed by atoms with Gasteiger partial charge in [-0.25, -0.2) is 0 Å². The van der Waals surface area contributed by atoms with Crippen molar-refractivity contribution in [1.82, 2.24) is 5.43 Å². The molecule has 3 N–H and O–H groups in total. The number of allylic oxidation sites excluding steroid dienone is 1. The summed E-state index contributed by atoms with van der Waals surface area (Å²) in [5.74, 6) is -1.38. The number of hydrogen-bond donors (Lipinski definition) is 3. The number of aliphatic hydroxyl groups is 1. The number of hydrazine groups is 1. The van der Waals surface area contributed by atoms with Gasteiger partial charge in [-0.2, -0.15) is 0 Å². The molecule has 0 aliphatic rings. The second-order valence-electron chi connectivity index (χ2n) is 2.97. The van der Waals surface area contributed by atoms with Crippen LogP contribution in [0.25, 0.3) is 0 Å². The summed E-state index contributed by atoms with van der Waals surface area (Å²) in [6.07, 6.45) is 0. The number of para-hydroxylation sites is 1. The Bertz CT molecular complexity index is 411. The van der Waals surface area contributed by atoms with Crippen molar-refractivity contribution in [2.45, 2.75) is 6.92 Å². The Hall–Kier alpha value is -2.37. The van der Waals surface area contributed by atoms with Crippen molar-refractivity contribution in [2.24, 2.45) is 5.18 Å². The van der Waals surface area contributed by atoms with E-state index >= 15 is 0 Å². The Morgan fingerprint density at radius 2 is 1.94 bits per heavy atom. The van der Waals surface area contributed by atoms with Gasteiger partial charge >= 0.3 is 5.91 Å². The normalized spacial score (nSPS) is 11.3. The quantitative estimate of drug-likeness (QED) is 0.311. The topological polar surface area (TPSA) is 90.8 Å². The van der Waals surface area contributed by atoms with Crippen molar-refractivity contribution in [1.29, 1.82) is 0 Å².